The van der Waals surface area contributed by atoms with Crippen LogP contribution in [0.15, 0.2) is 42.5 Å². The lowest BCUT2D eigenvalue weighted by Crippen LogP contribution is -2.34. The molecule has 2 aromatic carbocycles. The molecule has 0 spiro atoms. The van der Waals surface area contributed by atoms with Gasteiger partial charge in [-0.05, 0) is 61.2 Å². The number of fused-ring (bicyclic) bond motifs is 1. The lowest BCUT2D eigenvalue weighted by atomic mass is 9.99. The van der Waals surface area contributed by atoms with E-state index in [0.29, 0.717) is 13.0 Å². The first-order chi connectivity index (χ1) is 11.6. The summed E-state index contributed by atoms with van der Waals surface area (Å²) >= 11 is 0. The smallest absolute Gasteiger partial charge is 0.227 e. The van der Waals surface area contributed by atoms with Crippen LogP contribution in [0.25, 0.3) is 0 Å². The quantitative estimate of drug-likeness (QED) is 0.864. The maximum Gasteiger partial charge on any atom is 0.227 e. The molecule has 1 aliphatic rings. The van der Waals surface area contributed by atoms with Gasteiger partial charge in [0.1, 0.15) is 5.82 Å². The first-order valence-electron chi connectivity index (χ1n) is 8.57. The molecule has 0 aliphatic carbocycles. The second-order valence-corrected chi connectivity index (χ2v) is 6.14. The number of aryl methyl sites for hydroxylation is 1. The maximum atomic E-state index is 13.5. The normalized spacial score (nSPS) is 15.1. The fourth-order valence-corrected chi connectivity index (χ4v) is 3.34. The summed E-state index contributed by atoms with van der Waals surface area (Å²) in [5, 5.41) is 3.50. The zero-order chi connectivity index (χ0) is 17.1. The van der Waals surface area contributed by atoms with E-state index in [-0.39, 0.29) is 17.8 Å². The molecular weight excluding hydrogens is 303 g/mol. The first-order valence-corrected chi connectivity index (χ1v) is 8.57. The van der Waals surface area contributed by atoms with Crippen LogP contribution in [0.3, 0.4) is 0 Å². The molecule has 0 saturated carbocycles. The Morgan fingerprint density at radius 2 is 2.00 bits per heavy atom. The van der Waals surface area contributed by atoms with Crippen molar-refractivity contribution < 1.29 is 9.18 Å². The molecule has 1 unspecified atom stereocenters. The second kappa shape index (κ2) is 7.04. The molecule has 0 aromatic heterocycles. The van der Waals surface area contributed by atoms with E-state index in [2.05, 4.69) is 18.3 Å². The molecule has 0 saturated heterocycles. The van der Waals surface area contributed by atoms with Crippen LogP contribution >= 0.6 is 0 Å². The highest BCUT2D eigenvalue weighted by Gasteiger charge is 2.23. The number of rotatable bonds is 5. The summed E-state index contributed by atoms with van der Waals surface area (Å²) in [6, 6.07) is 12.9. The minimum Gasteiger partial charge on any atom is -0.378 e. The number of halogens is 1. The predicted octanol–water partition coefficient (Wildman–Crippen LogP) is 4.69. The fraction of sp³-hybridized carbons (Fsp3) is 0.350. The zero-order valence-corrected chi connectivity index (χ0v) is 14.2. The van der Waals surface area contributed by atoms with E-state index < -0.39 is 0 Å². The molecule has 126 valence electrons. The molecule has 1 heterocycles. The predicted molar refractivity (Wildman–Crippen MR) is 95.8 cm³/mol. The van der Waals surface area contributed by atoms with Gasteiger partial charge >= 0.3 is 0 Å². The summed E-state index contributed by atoms with van der Waals surface area (Å²) in [6.07, 6.45) is 2.20. The van der Waals surface area contributed by atoms with Crippen LogP contribution < -0.4 is 10.2 Å². The molecule has 4 heteroatoms. The van der Waals surface area contributed by atoms with Crippen LogP contribution in [0.2, 0.25) is 0 Å². The van der Waals surface area contributed by atoms with Crippen molar-refractivity contribution in [3.63, 3.8) is 0 Å². The van der Waals surface area contributed by atoms with Crippen molar-refractivity contribution in [2.45, 2.75) is 39.2 Å². The fourth-order valence-electron chi connectivity index (χ4n) is 3.34. The van der Waals surface area contributed by atoms with Crippen molar-refractivity contribution in [1.29, 1.82) is 0 Å². The number of amides is 1. The summed E-state index contributed by atoms with van der Waals surface area (Å²) in [4.78, 5) is 13.8. The molecule has 0 bridgehead atoms. The van der Waals surface area contributed by atoms with Crippen LogP contribution in [0.5, 0.6) is 0 Å². The van der Waals surface area contributed by atoms with E-state index in [1.54, 1.807) is 12.1 Å². The first kappa shape index (κ1) is 16.5. The van der Waals surface area contributed by atoms with Gasteiger partial charge in [0.25, 0.3) is 0 Å². The molecule has 1 N–H and O–H groups in total. The van der Waals surface area contributed by atoms with Gasteiger partial charge in [0.2, 0.25) is 5.91 Å². The topological polar surface area (TPSA) is 32.3 Å². The van der Waals surface area contributed by atoms with E-state index in [0.717, 1.165) is 29.8 Å². The second-order valence-electron chi connectivity index (χ2n) is 6.14. The minimum atomic E-state index is -0.213. The van der Waals surface area contributed by atoms with Crippen molar-refractivity contribution >= 4 is 17.3 Å². The van der Waals surface area contributed by atoms with Crippen molar-refractivity contribution in [2.24, 2.45) is 0 Å². The Balaban J connectivity index is 1.84. The Labute approximate surface area is 142 Å². The zero-order valence-electron chi connectivity index (χ0n) is 14.2. The number of benzene rings is 2. The number of anilines is 2. The summed E-state index contributed by atoms with van der Waals surface area (Å²) in [7, 11) is 0. The number of nitrogens with one attached hydrogen (secondary N) is 1. The van der Waals surface area contributed by atoms with Crippen LogP contribution in [-0.4, -0.2) is 12.5 Å². The molecule has 1 amide bonds. The van der Waals surface area contributed by atoms with Crippen LogP contribution in [0.4, 0.5) is 15.8 Å². The summed E-state index contributed by atoms with van der Waals surface area (Å²) < 4.78 is 13.5. The maximum absolute atomic E-state index is 13.5. The number of nitrogens with zero attached hydrogens (tertiary/aromatic N) is 1. The lowest BCUT2D eigenvalue weighted by molar-refractivity contribution is -0.118. The van der Waals surface area contributed by atoms with Gasteiger partial charge in [-0.25, -0.2) is 4.39 Å². The van der Waals surface area contributed by atoms with Gasteiger partial charge in [0, 0.05) is 24.3 Å². The Kier molecular flexibility index (Phi) is 4.84. The highest BCUT2D eigenvalue weighted by molar-refractivity contribution is 5.96. The van der Waals surface area contributed by atoms with Gasteiger partial charge in [0.15, 0.2) is 0 Å². The third-order valence-corrected chi connectivity index (χ3v) is 4.60. The molecule has 0 radical (unpaired) electrons. The van der Waals surface area contributed by atoms with Gasteiger partial charge in [-0.3, -0.25) is 4.79 Å². The highest BCUT2D eigenvalue weighted by Crippen LogP contribution is 2.32. The number of carbonyl (C=O) groups excluding carboxylic acids is 1. The highest BCUT2D eigenvalue weighted by atomic mass is 19.1. The Bertz CT molecular complexity index is 744. The van der Waals surface area contributed by atoms with Crippen molar-refractivity contribution in [3.8, 4) is 0 Å². The molecule has 24 heavy (non-hydrogen) atoms. The molecule has 1 aliphatic heterocycles. The Morgan fingerprint density at radius 3 is 2.71 bits per heavy atom. The molecule has 3 rings (SSSR count). The van der Waals surface area contributed by atoms with Gasteiger partial charge in [0.05, 0.1) is 6.04 Å². The summed E-state index contributed by atoms with van der Waals surface area (Å²) in [5.41, 5.74) is 4.16. The monoisotopic (exact) mass is 326 g/mol. The average molecular weight is 326 g/mol. The van der Waals surface area contributed by atoms with Crippen LogP contribution in [-0.2, 0) is 11.2 Å². The Hall–Kier alpha value is -2.36. The van der Waals surface area contributed by atoms with E-state index in [1.165, 1.54) is 11.6 Å². The molecular formula is C20H23FN2O. The van der Waals surface area contributed by atoms with Crippen molar-refractivity contribution in [2.75, 3.05) is 16.8 Å². The minimum absolute atomic E-state index is 0.0613. The van der Waals surface area contributed by atoms with E-state index in [9.17, 15) is 9.18 Å². The molecule has 2 aromatic rings. The Morgan fingerprint density at radius 1 is 1.17 bits per heavy atom. The number of hydrogen-bond donors (Lipinski definition) is 1. The number of carbonyl (C=O) groups is 1. The molecule has 3 nitrogen and oxygen atoms in total. The summed E-state index contributed by atoms with van der Waals surface area (Å²) in [6.45, 7) is 4.77. The third-order valence-electron chi connectivity index (χ3n) is 4.60. The lowest BCUT2D eigenvalue weighted by Gasteiger charge is -2.29. The number of hydrogen-bond acceptors (Lipinski definition) is 2. The van der Waals surface area contributed by atoms with Crippen molar-refractivity contribution in [1.82, 2.24) is 0 Å². The standard InChI is InChI=1S/C20H23FN2O/c1-3-18(14-6-5-7-16(21)12-14)22-17-9-10-19-15(13-17)8-11-20(24)23(19)4-2/h5-7,9-10,12-13,18,22H,3-4,8,11H2,1-2H3. The van der Waals surface area contributed by atoms with Gasteiger partial charge in [-0.2, -0.15) is 0 Å². The molecule has 1 atom stereocenters. The van der Waals surface area contributed by atoms with Crippen LogP contribution in [0, 0.1) is 5.82 Å². The average Bonchev–Trinajstić information content (AvgIpc) is 2.59. The van der Waals surface area contributed by atoms with Gasteiger partial charge < -0.3 is 10.2 Å². The van der Waals surface area contributed by atoms with Crippen molar-refractivity contribution in [3.05, 3.63) is 59.4 Å². The van der Waals surface area contributed by atoms with Crippen LogP contribution in [0.1, 0.15) is 43.9 Å². The summed E-state index contributed by atoms with van der Waals surface area (Å²) in [5.74, 6) is -0.0211. The SMILES string of the molecule is CCC(Nc1ccc2c(c1)CCC(=O)N2CC)c1cccc(F)c1. The van der Waals surface area contributed by atoms with E-state index in [1.807, 2.05) is 30.0 Å². The van der Waals surface area contributed by atoms with Gasteiger partial charge in [-0.1, -0.05) is 19.1 Å². The van der Waals surface area contributed by atoms with Gasteiger partial charge in [-0.15, -0.1) is 0 Å². The third kappa shape index (κ3) is 3.28. The molecule has 0 fully saturated rings. The largest absolute Gasteiger partial charge is 0.378 e. The van der Waals surface area contributed by atoms with E-state index >= 15 is 0 Å². The van der Waals surface area contributed by atoms with E-state index in [4.69, 9.17) is 0 Å².